The van der Waals surface area contributed by atoms with E-state index in [4.69, 9.17) is 0 Å². The molecule has 1 N–H and O–H groups in total. The number of hydrogen-bond acceptors (Lipinski definition) is 4. The van der Waals surface area contributed by atoms with E-state index in [1.807, 2.05) is 19.1 Å². The van der Waals surface area contributed by atoms with E-state index in [9.17, 15) is 13.2 Å². The normalized spacial score (nSPS) is 18.0. The monoisotopic (exact) mass is 429 g/mol. The molecule has 7 heteroatoms. The zero-order valence-electron chi connectivity index (χ0n) is 18.1. The molecule has 0 spiro atoms. The fraction of sp³-hybridized carbons (Fsp3) is 0.435. The molecule has 1 amide bonds. The summed E-state index contributed by atoms with van der Waals surface area (Å²) in [4.78, 5) is 15.3. The highest BCUT2D eigenvalue weighted by Crippen LogP contribution is 2.26. The highest BCUT2D eigenvalue weighted by Gasteiger charge is 2.21. The van der Waals surface area contributed by atoms with E-state index in [1.54, 1.807) is 24.3 Å². The molecule has 1 aliphatic rings. The molecule has 1 heterocycles. The number of nitrogens with zero attached hydrogens (tertiary/aromatic N) is 2. The third kappa shape index (κ3) is 5.14. The van der Waals surface area contributed by atoms with E-state index in [0.29, 0.717) is 17.2 Å². The Kier molecular flexibility index (Phi) is 6.71. The minimum atomic E-state index is -3.46. The lowest BCUT2D eigenvalue weighted by Crippen LogP contribution is -2.34. The van der Waals surface area contributed by atoms with Crippen LogP contribution in [0.4, 0.5) is 11.4 Å². The maximum Gasteiger partial charge on any atom is 0.253 e. The van der Waals surface area contributed by atoms with E-state index in [0.717, 1.165) is 29.2 Å². The predicted molar refractivity (Wildman–Crippen MR) is 123 cm³/mol. The Morgan fingerprint density at radius 2 is 1.83 bits per heavy atom. The summed E-state index contributed by atoms with van der Waals surface area (Å²) in [5.41, 5.74) is 2.91. The first kappa shape index (κ1) is 22.2. The van der Waals surface area contributed by atoms with Crippen LogP contribution in [-0.4, -0.2) is 40.7 Å². The number of anilines is 2. The van der Waals surface area contributed by atoms with Gasteiger partial charge in [-0.05, 0) is 55.5 Å². The van der Waals surface area contributed by atoms with Crippen molar-refractivity contribution in [2.45, 2.75) is 32.7 Å². The van der Waals surface area contributed by atoms with Crippen molar-refractivity contribution in [3.8, 4) is 0 Å². The molecule has 1 aliphatic heterocycles. The molecular formula is C23H31N3O3S. The Bertz CT molecular complexity index is 989. The second kappa shape index (κ2) is 9.08. The SMILES string of the molecule is CC1CCCN(c2ccc(C(C)NC(=O)c3ccccc3N(C)S(C)(=O)=O)cc2)C1. The molecule has 3 rings (SSSR count). The van der Waals surface area contributed by atoms with Gasteiger partial charge in [-0.15, -0.1) is 0 Å². The van der Waals surface area contributed by atoms with Gasteiger partial charge in [0.2, 0.25) is 10.0 Å². The summed E-state index contributed by atoms with van der Waals surface area (Å²) in [6.07, 6.45) is 3.62. The third-order valence-corrected chi connectivity index (χ3v) is 6.94. The summed E-state index contributed by atoms with van der Waals surface area (Å²) in [6.45, 7) is 6.38. The van der Waals surface area contributed by atoms with Crippen molar-refractivity contribution in [3.05, 3.63) is 59.7 Å². The van der Waals surface area contributed by atoms with Crippen LogP contribution in [0.5, 0.6) is 0 Å². The van der Waals surface area contributed by atoms with Crippen LogP contribution in [0.2, 0.25) is 0 Å². The number of para-hydroxylation sites is 1. The van der Waals surface area contributed by atoms with Crippen molar-refractivity contribution < 1.29 is 13.2 Å². The lowest BCUT2D eigenvalue weighted by molar-refractivity contribution is 0.0940. The molecule has 0 aromatic heterocycles. The fourth-order valence-corrected chi connectivity index (χ4v) is 4.39. The average Bonchev–Trinajstić information content (AvgIpc) is 2.72. The summed E-state index contributed by atoms with van der Waals surface area (Å²) < 4.78 is 25.0. The van der Waals surface area contributed by atoms with Crippen LogP contribution in [0.15, 0.2) is 48.5 Å². The molecule has 162 valence electrons. The molecule has 0 radical (unpaired) electrons. The molecule has 2 unspecified atom stereocenters. The van der Waals surface area contributed by atoms with Gasteiger partial charge >= 0.3 is 0 Å². The summed E-state index contributed by atoms with van der Waals surface area (Å²) in [5.74, 6) is 0.407. The van der Waals surface area contributed by atoms with Gasteiger partial charge in [0.1, 0.15) is 0 Å². The molecule has 0 bridgehead atoms. The third-order valence-electron chi connectivity index (χ3n) is 5.75. The largest absolute Gasteiger partial charge is 0.371 e. The molecule has 2 atom stereocenters. The first-order chi connectivity index (χ1) is 14.2. The highest BCUT2D eigenvalue weighted by molar-refractivity contribution is 7.92. The molecule has 1 fully saturated rings. The number of amides is 1. The van der Waals surface area contributed by atoms with Gasteiger partial charge in [-0.1, -0.05) is 31.2 Å². The predicted octanol–water partition coefficient (Wildman–Crippen LogP) is 3.81. The van der Waals surface area contributed by atoms with Crippen molar-refractivity contribution in [2.24, 2.45) is 5.92 Å². The molecule has 1 saturated heterocycles. The second-order valence-electron chi connectivity index (χ2n) is 8.23. The van der Waals surface area contributed by atoms with Crippen LogP contribution in [0, 0.1) is 5.92 Å². The van der Waals surface area contributed by atoms with Crippen molar-refractivity contribution in [3.63, 3.8) is 0 Å². The quantitative estimate of drug-likeness (QED) is 0.758. The maximum atomic E-state index is 12.9. The summed E-state index contributed by atoms with van der Waals surface area (Å²) >= 11 is 0. The van der Waals surface area contributed by atoms with Crippen LogP contribution in [0.3, 0.4) is 0 Å². The number of carbonyl (C=O) groups is 1. The number of benzene rings is 2. The molecule has 2 aromatic carbocycles. The van der Waals surface area contributed by atoms with Gasteiger partial charge in [-0.25, -0.2) is 8.42 Å². The number of nitrogens with one attached hydrogen (secondary N) is 1. The molecule has 6 nitrogen and oxygen atoms in total. The number of rotatable bonds is 6. The Balaban J connectivity index is 1.72. The zero-order chi connectivity index (χ0) is 21.9. The average molecular weight is 430 g/mol. The van der Waals surface area contributed by atoms with Crippen LogP contribution in [-0.2, 0) is 10.0 Å². The second-order valence-corrected chi connectivity index (χ2v) is 10.2. The van der Waals surface area contributed by atoms with Crippen LogP contribution in [0.25, 0.3) is 0 Å². The van der Waals surface area contributed by atoms with E-state index in [1.165, 1.54) is 25.6 Å². The summed E-state index contributed by atoms with van der Waals surface area (Å²) in [5, 5.41) is 2.99. The van der Waals surface area contributed by atoms with Crippen molar-refractivity contribution in [1.29, 1.82) is 0 Å². The van der Waals surface area contributed by atoms with E-state index in [-0.39, 0.29) is 11.9 Å². The molecular weight excluding hydrogens is 398 g/mol. The van der Waals surface area contributed by atoms with Gasteiger partial charge in [0.05, 0.1) is 23.5 Å². The summed E-state index contributed by atoms with van der Waals surface area (Å²) in [6, 6.07) is 14.8. The molecule has 30 heavy (non-hydrogen) atoms. The smallest absolute Gasteiger partial charge is 0.253 e. The Morgan fingerprint density at radius 1 is 1.17 bits per heavy atom. The van der Waals surface area contributed by atoms with Gasteiger partial charge in [0, 0.05) is 25.8 Å². The van der Waals surface area contributed by atoms with Crippen LogP contribution in [0.1, 0.15) is 48.7 Å². The maximum absolute atomic E-state index is 12.9. The molecule has 2 aromatic rings. The van der Waals surface area contributed by atoms with Crippen LogP contribution >= 0.6 is 0 Å². The molecule has 0 aliphatic carbocycles. The van der Waals surface area contributed by atoms with Crippen molar-refractivity contribution in [1.82, 2.24) is 5.32 Å². The first-order valence-corrected chi connectivity index (χ1v) is 12.2. The number of carbonyl (C=O) groups excluding carboxylic acids is 1. The van der Waals surface area contributed by atoms with Gasteiger partial charge in [0.25, 0.3) is 5.91 Å². The number of piperidine rings is 1. The standard InChI is InChI=1S/C23H31N3O3S/c1-17-8-7-15-26(16-17)20-13-11-19(12-14-20)18(2)24-23(27)21-9-5-6-10-22(21)25(3)30(4,28)29/h5-6,9-14,17-18H,7-8,15-16H2,1-4H3,(H,24,27). The van der Waals surface area contributed by atoms with Crippen LogP contribution < -0.4 is 14.5 Å². The Hall–Kier alpha value is -2.54. The van der Waals surface area contributed by atoms with Gasteiger partial charge < -0.3 is 10.2 Å². The summed E-state index contributed by atoms with van der Waals surface area (Å²) in [7, 11) is -2.01. The Morgan fingerprint density at radius 3 is 2.47 bits per heavy atom. The zero-order valence-corrected chi connectivity index (χ0v) is 18.9. The van der Waals surface area contributed by atoms with E-state index >= 15 is 0 Å². The minimum absolute atomic E-state index is 0.205. The van der Waals surface area contributed by atoms with E-state index in [2.05, 4.69) is 29.3 Å². The Labute approximate surface area is 179 Å². The topological polar surface area (TPSA) is 69.7 Å². The first-order valence-electron chi connectivity index (χ1n) is 10.4. The fourth-order valence-electron chi connectivity index (χ4n) is 3.87. The van der Waals surface area contributed by atoms with Gasteiger partial charge in [-0.2, -0.15) is 0 Å². The van der Waals surface area contributed by atoms with Gasteiger partial charge in [0.15, 0.2) is 0 Å². The van der Waals surface area contributed by atoms with Crippen molar-refractivity contribution in [2.75, 3.05) is 35.6 Å². The lowest BCUT2D eigenvalue weighted by atomic mass is 9.99. The lowest BCUT2D eigenvalue weighted by Gasteiger charge is -2.33. The molecule has 0 saturated carbocycles. The van der Waals surface area contributed by atoms with Crippen molar-refractivity contribution >= 4 is 27.3 Å². The van der Waals surface area contributed by atoms with Gasteiger partial charge in [-0.3, -0.25) is 9.10 Å². The number of sulfonamides is 1. The minimum Gasteiger partial charge on any atom is -0.371 e. The highest BCUT2D eigenvalue weighted by atomic mass is 32.2. The van der Waals surface area contributed by atoms with E-state index < -0.39 is 10.0 Å². The number of hydrogen-bond donors (Lipinski definition) is 1.